The van der Waals surface area contributed by atoms with Crippen LogP contribution in [0.15, 0.2) is 0 Å². The van der Waals surface area contributed by atoms with Crippen LogP contribution in [0.2, 0.25) is 0 Å². The summed E-state index contributed by atoms with van der Waals surface area (Å²) in [4.78, 5) is 34.1. The molecule has 9 heteroatoms. The second-order valence-electron chi connectivity index (χ2n) is 7.29. The number of ether oxygens (including phenoxy) is 3. The van der Waals surface area contributed by atoms with Crippen molar-refractivity contribution in [2.75, 3.05) is 26.2 Å². The molecule has 0 spiro atoms. The highest BCUT2D eigenvalue weighted by atomic mass is 16.6. The molecule has 0 radical (unpaired) electrons. The zero-order chi connectivity index (χ0) is 20.7. The van der Waals surface area contributed by atoms with E-state index < -0.39 is 23.9 Å². The number of unbranched alkanes of at least 4 members (excludes halogenated alkanes) is 3. The van der Waals surface area contributed by atoms with Gasteiger partial charge in [-0.3, -0.25) is 0 Å². The van der Waals surface area contributed by atoms with Crippen LogP contribution in [0.25, 0.3) is 0 Å². The third-order valence-corrected chi connectivity index (χ3v) is 2.99. The largest absolute Gasteiger partial charge is 0.448 e. The number of alkyl carbamates (subject to hydrolysis) is 3. The quantitative estimate of drug-likeness (QED) is 0.370. The maximum absolute atomic E-state index is 11.5. The van der Waals surface area contributed by atoms with Gasteiger partial charge in [0.25, 0.3) is 0 Å². The van der Waals surface area contributed by atoms with Crippen molar-refractivity contribution >= 4 is 18.3 Å². The minimum absolute atomic E-state index is 0.0726. The highest BCUT2D eigenvalue weighted by molar-refractivity contribution is 5.68. The van der Waals surface area contributed by atoms with Crippen LogP contribution in [0, 0.1) is 0 Å². The molecule has 0 unspecified atom stereocenters. The Balaban J connectivity index is 3.44. The minimum atomic E-state index is -0.560. The Morgan fingerprint density at radius 2 is 1.30 bits per heavy atom. The lowest BCUT2D eigenvalue weighted by molar-refractivity contribution is 0.0511. The molecule has 0 bridgehead atoms. The Morgan fingerprint density at radius 1 is 0.778 bits per heavy atom. The van der Waals surface area contributed by atoms with Gasteiger partial charge in [0.05, 0.1) is 12.6 Å². The van der Waals surface area contributed by atoms with Gasteiger partial charge in [-0.1, -0.05) is 12.8 Å². The fourth-order valence-electron chi connectivity index (χ4n) is 1.90. The van der Waals surface area contributed by atoms with Gasteiger partial charge in [-0.2, -0.15) is 0 Å². The van der Waals surface area contributed by atoms with Crippen LogP contribution in [0.3, 0.4) is 0 Å². The molecule has 0 aliphatic rings. The van der Waals surface area contributed by atoms with Crippen molar-refractivity contribution < 1.29 is 28.6 Å². The van der Waals surface area contributed by atoms with Crippen LogP contribution < -0.4 is 16.0 Å². The first-order valence-corrected chi connectivity index (χ1v) is 9.42. The van der Waals surface area contributed by atoms with E-state index in [-0.39, 0.29) is 19.3 Å². The maximum atomic E-state index is 11.5. The van der Waals surface area contributed by atoms with Gasteiger partial charge >= 0.3 is 18.3 Å². The SMILES string of the molecule is CC(C)OC(=O)NCCCCCCNC(=O)OCCNC(=O)OC(C)(C)C. The lowest BCUT2D eigenvalue weighted by Gasteiger charge is -2.19. The standard InChI is InChI=1S/C18H35N3O6/c1-14(2)26-16(23)20-11-9-7-6-8-10-19-15(22)25-13-12-21-17(24)27-18(3,4)5/h14H,6-13H2,1-5H3,(H,19,22)(H,20,23)(H,21,24). The normalized spacial score (nSPS) is 10.9. The van der Waals surface area contributed by atoms with Crippen molar-refractivity contribution in [2.45, 2.75) is 72.0 Å². The third kappa shape index (κ3) is 18.4. The molecule has 9 nitrogen and oxygen atoms in total. The van der Waals surface area contributed by atoms with Gasteiger partial charge < -0.3 is 30.2 Å². The fraction of sp³-hybridized carbons (Fsp3) is 0.833. The average molecular weight is 389 g/mol. The van der Waals surface area contributed by atoms with E-state index in [0.717, 1.165) is 25.7 Å². The molecule has 3 N–H and O–H groups in total. The molecule has 0 aromatic rings. The smallest absolute Gasteiger partial charge is 0.407 e. The van der Waals surface area contributed by atoms with Crippen molar-refractivity contribution in [1.29, 1.82) is 0 Å². The molecule has 0 heterocycles. The maximum Gasteiger partial charge on any atom is 0.407 e. The van der Waals surface area contributed by atoms with Crippen molar-refractivity contribution in [3.05, 3.63) is 0 Å². The highest BCUT2D eigenvalue weighted by Gasteiger charge is 2.15. The van der Waals surface area contributed by atoms with Gasteiger partial charge in [0.2, 0.25) is 0 Å². The highest BCUT2D eigenvalue weighted by Crippen LogP contribution is 2.06. The number of carbonyl (C=O) groups is 3. The molecule has 0 fully saturated rings. The van der Waals surface area contributed by atoms with E-state index >= 15 is 0 Å². The lowest BCUT2D eigenvalue weighted by Crippen LogP contribution is -2.35. The molecule has 0 aliphatic carbocycles. The zero-order valence-electron chi connectivity index (χ0n) is 17.2. The number of carbonyl (C=O) groups excluding carboxylic acids is 3. The molecule has 27 heavy (non-hydrogen) atoms. The van der Waals surface area contributed by atoms with E-state index in [1.165, 1.54) is 0 Å². The van der Waals surface area contributed by atoms with Gasteiger partial charge in [0, 0.05) is 13.1 Å². The number of amides is 3. The van der Waals surface area contributed by atoms with Gasteiger partial charge in [-0.25, -0.2) is 14.4 Å². The number of nitrogens with one attached hydrogen (secondary N) is 3. The molecular formula is C18H35N3O6. The first kappa shape index (κ1) is 24.8. The van der Waals surface area contributed by atoms with Crippen LogP contribution in [-0.4, -0.2) is 56.2 Å². The van der Waals surface area contributed by atoms with E-state index in [2.05, 4.69) is 16.0 Å². The van der Waals surface area contributed by atoms with E-state index in [1.54, 1.807) is 34.6 Å². The van der Waals surface area contributed by atoms with Crippen LogP contribution in [0.4, 0.5) is 14.4 Å². The van der Waals surface area contributed by atoms with Gasteiger partial charge in [-0.05, 0) is 47.5 Å². The Labute approximate surface area is 161 Å². The van der Waals surface area contributed by atoms with E-state index in [4.69, 9.17) is 14.2 Å². The number of hydrogen-bond acceptors (Lipinski definition) is 6. The van der Waals surface area contributed by atoms with Crippen molar-refractivity contribution in [3.63, 3.8) is 0 Å². The molecule has 0 aromatic heterocycles. The topological polar surface area (TPSA) is 115 Å². The van der Waals surface area contributed by atoms with Crippen molar-refractivity contribution in [2.24, 2.45) is 0 Å². The summed E-state index contributed by atoms with van der Waals surface area (Å²) in [5, 5.41) is 7.83. The van der Waals surface area contributed by atoms with E-state index in [9.17, 15) is 14.4 Å². The van der Waals surface area contributed by atoms with Gasteiger partial charge in [0.15, 0.2) is 0 Å². The Morgan fingerprint density at radius 3 is 1.81 bits per heavy atom. The number of hydrogen-bond donors (Lipinski definition) is 3. The number of rotatable bonds is 11. The minimum Gasteiger partial charge on any atom is -0.448 e. The summed E-state index contributed by atoms with van der Waals surface area (Å²) in [5.41, 5.74) is -0.560. The second-order valence-corrected chi connectivity index (χ2v) is 7.29. The van der Waals surface area contributed by atoms with E-state index in [0.29, 0.717) is 13.1 Å². The van der Waals surface area contributed by atoms with Crippen LogP contribution in [0.5, 0.6) is 0 Å². The Kier molecular flexibility index (Phi) is 12.8. The molecule has 0 saturated heterocycles. The van der Waals surface area contributed by atoms with Gasteiger partial charge in [0.1, 0.15) is 12.2 Å². The summed E-state index contributed by atoms with van der Waals surface area (Å²) in [5.74, 6) is 0. The molecule has 0 saturated carbocycles. The second kappa shape index (κ2) is 13.9. The predicted octanol–water partition coefficient (Wildman–Crippen LogP) is 2.93. The lowest BCUT2D eigenvalue weighted by atomic mass is 10.2. The first-order chi connectivity index (χ1) is 12.6. The zero-order valence-corrected chi connectivity index (χ0v) is 17.2. The third-order valence-electron chi connectivity index (χ3n) is 2.99. The first-order valence-electron chi connectivity index (χ1n) is 9.42. The summed E-state index contributed by atoms with van der Waals surface area (Å²) in [6.45, 7) is 10.3. The molecule has 3 amide bonds. The van der Waals surface area contributed by atoms with Crippen LogP contribution in [0.1, 0.15) is 60.3 Å². The Hall–Kier alpha value is -2.19. The summed E-state index contributed by atoms with van der Waals surface area (Å²) >= 11 is 0. The molecule has 0 aromatic carbocycles. The van der Waals surface area contributed by atoms with E-state index in [1.807, 2.05) is 0 Å². The molecule has 158 valence electrons. The van der Waals surface area contributed by atoms with Crippen molar-refractivity contribution in [3.8, 4) is 0 Å². The summed E-state index contributed by atoms with van der Waals surface area (Å²) in [6.07, 6.45) is 1.98. The van der Waals surface area contributed by atoms with Crippen molar-refractivity contribution in [1.82, 2.24) is 16.0 Å². The molecule has 0 atom stereocenters. The summed E-state index contributed by atoms with van der Waals surface area (Å²) < 4.78 is 15.0. The monoisotopic (exact) mass is 389 g/mol. The Bertz CT molecular complexity index is 449. The summed E-state index contributed by atoms with van der Waals surface area (Å²) in [6, 6.07) is 0. The fourth-order valence-corrected chi connectivity index (χ4v) is 1.90. The summed E-state index contributed by atoms with van der Waals surface area (Å²) in [7, 11) is 0. The van der Waals surface area contributed by atoms with Crippen LogP contribution >= 0.6 is 0 Å². The predicted molar refractivity (Wildman–Crippen MR) is 102 cm³/mol. The molecule has 0 aliphatic heterocycles. The van der Waals surface area contributed by atoms with Gasteiger partial charge in [-0.15, -0.1) is 0 Å². The molecule has 0 rings (SSSR count). The average Bonchev–Trinajstić information content (AvgIpc) is 2.51. The van der Waals surface area contributed by atoms with Crippen LogP contribution in [-0.2, 0) is 14.2 Å². The molecular weight excluding hydrogens is 354 g/mol.